The summed E-state index contributed by atoms with van der Waals surface area (Å²) in [6, 6.07) is 0.225. The van der Waals surface area contributed by atoms with Crippen LogP contribution in [0.1, 0.15) is 89.7 Å². The molecule has 2 heterocycles. The molecule has 0 radical (unpaired) electrons. The van der Waals surface area contributed by atoms with Crippen LogP contribution in [-0.2, 0) is 33.4 Å². The average molecular weight is 563 g/mol. The van der Waals surface area contributed by atoms with Gasteiger partial charge in [0.1, 0.15) is 12.7 Å². The van der Waals surface area contributed by atoms with E-state index in [9.17, 15) is 24.0 Å². The molecule has 5 atom stereocenters. The van der Waals surface area contributed by atoms with Crippen molar-refractivity contribution in [2.24, 2.45) is 17.8 Å². The van der Waals surface area contributed by atoms with E-state index in [4.69, 9.17) is 18.9 Å². The van der Waals surface area contributed by atoms with Crippen LogP contribution in [0.4, 0.5) is 0 Å². The minimum atomic E-state index is -1.38. The molecule has 0 aliphatic carbocycles. The van der Waals surface area contributed by atoms with Gasteiger partial charge in [-0.3, -0.25) is 19.2 Å². The summed E-state index contributed by atoms with van der Waals surface area (Å²) in [6.07, 6.45) is 2.65. The van der Waals surface area contributed by atoms with E-state index in [1.165, 1.54) is 13.1 Å². The maximum atomic E-state index is 13.3. The van der Waals surface area contributed by atoms with Gasteiger partial charge in [0.25, 0.3) is 5.91 Å². The van der Waals surface area contributed by atoms with Gasteiger partial charge in [-0.05, 0) is 44.7 Å². The molecule has 11 heteroatoms. The maximum absolute atomic E-state index is 13.3. The molecule has 11 nitrogen and oxygen atoms in total. The molecule has 1 amide bonds. The number of unbranched alkanes of at least 4 members (excludes halogenated alkanes) is 1. The molecule has 1 aliphatic heterocycles. The lowest BCUT2D eigenvalue weighted by Crippen LogP contribution is -2.47. The van der Waals surface area contributed by atoms with E-state index in [1.54, 1.807) is 33.8 Å². The topological polar surface area (TPSA) is 147 Å². The fraction of sp³-hybridized carbons (Fsp3) is 0.655. The zero-order valence-electron chi connectivity index (χ0n) is 24.5. The second-order valence-corrected chi connectivity index (χ2v) is 10.3. The van der Waals surface area contributed by atoms with Gasteiger partial charge in [0.05, 0.1) is 17.8 Å². The lowest BCUT2D eigenvalue weighted by molar-refractivity contribution is -0.176. The Morgan fingerprint density at radius 2 is 1.82 bits per heavy atom. The Morgan fingerprint density at radius 3 is 2.42 bits per heavy atom. The van der Waals surface area contributed by atoms with Crippen molar-refractivity contribution in [2.45, 2.75) is 98.8 Å². The lowest BCUT2D eigenvalue weighted by atomic mass is 9.95. The standard InChI is InChI=1S/C29H42N2O9/c1-8-11-12-19(9-2)27(34)39-23-17(6)13-14-30-22(23)25(32)31-21-15-37-28(35)20(10-3)24(18(7)38-29(21)36)40-26(33)16(4)5/h13-14,16,18-21,24H,8-12,15H2,1-7H3,(H,31,32). The summed E-state index contributed by atoms with van der Waals surface area (Å²) in [5.74, 6) is -5.05. The molecule has 0 aromatic carbocycles. The third-order valence-corrected chi connectivity index (χ3v) is 6.86. The van der Waals surface area contributed by atoms with E-state index in [-0.39, 0.29) is 23.8 Å². The molecule has 1 aromatic heterocycles. The van der Waals surface area contributed by atoms with Gasteiger partial charge in [-0.1, -0.05) is 47.5 Å². The average Bonchev–Trinajstić information content (AvgIpc) is 2.94. The molecule has 1 fully saturated rings. The Balaban J connectivity index is 2.27. The quantitative estimate of drug-likeness (QED) is 0.313. The first-order valence-corrected chi connectivity index (χ1v) is 14.0. The van der Waals surface area contributed by atoms with Gasteiger partial charge < -0.3 is 24.3 Å². The Bertz CT molecular complexity index is 1070. The number of pyridine rings is 1. The van der Waals surface area contributed by atoms with Crippen molar-refractivity contribution in [3.63, 3.8) is 0 Å². The fourth-order valence-corrected chi connectivity index (χ4v) is 4.27. The molecule has 0 saturated carbocycles. The SMILES string of the molecule is CCCCC(CC)C(=O)Oc1c(C)ccnc1C(=O)NC1COC(=O)C(CC)C(OC(=O)C(C)C)C(C)OC1=O. The zero-order chi connectivity index (χ0) is 30.0. The van der Waals surface area contributed by atoms with Gasteiger partial charge in [0.15, 0.2) is 23.6 Å². The van der Waals surface area contributed by atoms with Crippen molar-refractivity contribution in [3.05, 3.63) is 23.5 Å². The van der Waals surface area contributed by atoms with Gasteiger partial charge in [0.2, 0.25) is 0 Å². The molecule has 1 aliphatic rings. The summed E-state index contributed by atoms with van der Waals surface area (Å²) >= 11 is 0. The number of nitrogens with one attached hydrogen (secondary N) is 1. The molecule has 0 spiro atoms. The lowest BCUT2D eigenvalue weighted by Gasteiger charge is -2.29. The van der Waals surface area contributed by atoms with Gasteiger partial charge in [-0.15, -0.1) is 0 Å². The summed E-state index contributed by atoms with van der Waals surface area (Å²) in [5, 5.41) is 2.49. The number of hydrogen-bond acceptors (Lipinski definition) is 10. The highest BCUT2D eigenvalue weighted by Gasteiger charge is 2.41. The second kappa shape index (κ2) is 15.3. The summed E-state index contributed by atoms with van der Waals surface area (Å²) in [4.78, 5) is 68.5. The minimum Gasteiger partial charge on any atom is -0.463 e. The summed E-state index contributed by atoms with van der Waals surface area (Å²) in [6.45, 7) is 11.6. The van der Waals surface area contributed by atoms with Crippen LogP contribution in [0.25, 0.3) is 0 Å². The van der Waals surface area contributed by atoms with E-state index in [2.05, 4.69) is 10.3 Å². The summed E-state index contributed by atoms with van der Waals surface area (Å²) in [5.41, 5.74) is 0.317. The van der Waals surface area contributed by atoms with Crippen LogP contribution in [0.3, 0.4) is 0 Å². The predicted molar refractivity (Wildman–Crippen MR) is 144 cm³/mol. The van der Waals surface area contributed by atoms with E-state index in [1.807, 2.05) is 13.8 Å². The van der Waals surface area contributed by atoms with Crippen LogP contribution in [0.15, 0.2) is 12.3 Å². The van der Waals surface area contributed by atoms with Crippen molar-refractivity contribution in [3.8, 4) is 5.75 Å². The highest BCUT2D eigenvalue weighted by Crippen LogP contribution is 2.26. The Hall–Kier alpha value is -3.50. The monoisotopic (exact) mass is 562 g/mol. The molecule has 40 heavy (non-hydrogen) atoms. The number of aromatic nitrogens is 1. The number of cyclic esters (lactones) is 2. The smallest absolute Gasteiger partial charge is 0.332 e. The molecule has 2 rings (SSSR count). The molecule has 5 unspecified atom stereocenters. The molecule has 1 saturated heterocycles. The zero-order valence-corrected chi connectivity index (χ0v) is 24.5. The number of rotatable bonds is 11. The molecule has 222 valence electrons. The van der Waals surface area contributed by atoms with Gasteiger partial charge in [-0.2, -0.15) is 0 Å². The van der Waals surface area contributed by atoms with Gasteiger partial charge in [-0.25, -0.2) is 9.78 Å². The molecular formula is C29H42N2O9. The predicted octanol–water partition coefficient (Wildman–Crippen LogP) is 3.69. The Labute approximate surface area is 235 Å². The Morgan fingerprint density at radius 1 is 1.12 bits per heavy atom. The normalized spacial score (nSPS) is 22.2. The van der Waals surface area contributed by atoms with Crippen LogP contribution < -0.4 is 10.1 Å². The van der Waals surface area contributed by atoms with Crippen LogP contribution in [0.2, 0.25) is 0 Å². The van der Waals surface area contributed by atoms with Crippen molar-refractivity contribution in [1.82, 2.24) is 10.3 Å². The molecular weight excluding hydrogens is 520 g/mol. The van der Waals surface area contributed by atoms with Crippen LogP contribution in [-0.4, -0.2) is 59.6 Å². The summed E-state index contributed by atoms with van der Waals surface area (Å²) in [7, 11) is 0. The van der Waals surface area contributed by atoms with Crippen molar-refractivity contribution in [2.75, 3.05) is 6.61 Å². The van der Waals surface area contributed by atoms with E-state index < -0.39 is 66.5 Å². The number of amides is 1. The molecule has 1 N–H and O–H groups in total. The third-order valence-electron chi connectivity index (χ3n) is 6.86. The number of carbonyl (C=O) groups excluding carboxylic acids is 5. The second-order valence-electron chi connectivity index (χ2n) is 10.3. The number of hydrogen-bond donors (Lipinski definition) is 1. The highest BCUT2D eigenvalue weighted by atomic mass is 16.6. The first-order chi connectivity index (χ1) is 18.9. The fourth-order valence-electron chi connectivity index (χ4n) is 4.27. The summed E-state index contributed by atoms with van der Waals surface area (Å²) < 4.78 is 22.1. The van der Waals surface area contributed by atoms with Crippen LogP contribution in [0.5, 0.6) is 5.75 Å². The number of ether oxygens (including phenoxy) is 4. The minimum absolute atomic E-state index is 0.00606. The molecule has 0 bridgehead atoms. The number of carbonyl (C=O) groups is 5. The third kappa shape index (κ3) is 8.50. The number of nitrogens with zero attached hydrogens (tertiary/aromatic N) is 1. The van der Waals surface area contributed by atoms with E-state index in [0.717, 1.165) is 12.8 Å². The highest BCUT2D eigenvalue weighted by molar-refractivity contribution is 5.98. The van der Waals surface area contributed by atoms with Crippen LogP contribution >= 0.6 is 0 Å². The van der Waals surface area contributed by atoms with E-state index >= 15 is 0 Å². The first-order valence-electron chi connectivity index (χ1n) is 14.0. The van der Waals surface area contributed by atoms with Crippen molar-refractivity contribution in [1.29, 1.82) is 0 Å². The Kier molecular flexibility index (Phi) is 12.5. The first kappa shape index (κ1) is 32.7. The van der Waals surface area contributed by atoms with Crippen LogP contribution in [0, 0.1) is 24.7 Å². The number of esters is 4. The van der Waals surface area contributed by atoms with Gasteiger partial charge in [0, 0.05) is 6.20 Å². The number of aryl methyl sites for hydroxylation is 1. The van der Waals surface area contributed by atoms with E-state index in [0.29, 0.717) is 18.4 Å². The maximum Gasteiger partial charge on any atom is 0.332 e. The molecule has 1 aromatic rings. The van der Waals surface area contributed by atoms with Crippen molar-refractivity contribution >= 4 is 29.8 Å². The van der Waals surface area contributed by atoms with Gasteiger partial charge >= 0.3 is 23.9 Å². The van der Waals surface area contributed by atoms with Crippen molar-refractivity contribution < 1.29 is 42.9 Å². The largest absolute Gasteiger partial charge is 0.463 e.